The van der Waals surface area contributed by atoms with Gasteiger partial charge in [-0.3, -0.25) is 9.59 Å². The van der Waals surface area contributed by atoms with Crippen molar-refractivity contribution in [3.8, 4) is 0 Å². The molecule has 130 valence electrons. The molecule has 0 spiro atoms. The Labute approximate surface area is 152 Å². The predicted molar refractivity (Wildman–Crippen MR) is 99.5 cm³/mol. The molecule has 2 N–H and O–H groups in total. The van der Waals surface area contributed by atoms with Gasteiger partial charge in [0.05, 0.1) is 0 Å². The molecule has 1 aliphatic carbocycles. The molecule has 0 heterocycles. The zero-order valence-corrected chi connectivity index (χ0v) is 15.1. The molecule has 25 heavy (non-hydrogen) atoms. The number of benzene rings is 2. The number of hydrogen-bond acceptors (Lipinski definition) is 2. The van der Waals surface area contributed by atoms with Crippen LogP contribution in [0.5, 0.6) is 0 Å². The van der Waals surface area contributed by atoms with Crippen molar-refractivity contribution in [1.29, 1.82) is 0 Å². The van der Waals surface area contributed by atoms with Crippen LogP contribution in [0.2, 0.25) is 5.02 Å². The molecule has 1 fully saturated rings. The first-order valence-electron chi connectivity index (χ1n) is 8.33. The minimum atomic E-state index is -0.961. The third kappa shape index (κ3) is 3.69. The Hall–Kier alpha value is -2.33. The molecule has 0 radical (unpaired) electrons. The summed E-state index contributed by atoms with van der Waals surface area (Å²) in [6, 6.07) is 13.2. The summed E-state index contributed by atoms with van der Waals surface area (Å²) in [7, 11) is 0. The van der Waals surface area contributed by atoms with E-state index >= 15 is 0 Å². The third-order valence-corrected chi connectivity index (χ3v) is 5.00. The molecule has 4 nitrogen and oxygen atoms in total. The minimum Gasteiger partial charge on any atom is -0.351 e. The Balaban J connectivity index is 1.67. The average molecular weight is 357 g/mol. The quantitative estimate of drug-likeness (QED) is 0.796. The number of halogens is 1. The fraction of sp³-hybridized carbons (Fsp3) is 0.300. The van der Waals surface area contributed by atoms with Crippen LogP contribution in [-0.4, -0.2) is 11.8 Å². The van der Waals surface area contributed by atoms with Crippen molar-refractivity contribution < 1.29 is 9.59 Å². The largest absolute Gasteiger partial charge is 0.351 e. The summed E-state index contributed by atoms with van der Waals surface area (Å²) in [5, 5.41) is 6.32. The summed E-state index contributed by atoms with van der Waals surface area (Å²) in [5.74, 6) is -0.479. The van der Waals surface area contributed by atoms with Crippen LogP contribution >= 0.6 is 11.6 Å². The maximum absolute atomic E-state index is 12.7. The Bertz CT molecular complexity index is 828. The van der Waals surface area contributed by atoms with Gasteiger partial charge in [-0.1, -0.05) is 41.9 Å². The van der Waals surface area contributed by atoms with Crippen molar-refractivity contribution in [3.63, 3.8) is 0 Å². The fourth-order valence-electron chi connectivity index (χ4n) is 2.81. The number of carbonyl (C=O) groups is 2. The van der Waals surface area contributed by atoms with E-state index in [-0.39, 0.29) is 11.8 Å². The zero-order valence-electron chi connectivity index (χ0n) is 14.4. The SMILES string of the molecule is Cc1ccccc1CNC(=O)C1(C(=O)Nc2cc(Cl)ccc2C)CC1. The maximum Gasteiger partial charge on any atom is 0.240 e. The van der Waals surface area contributed by atoms with Gasteiger partial charge in [0.1, 0.15) is 5.41 Å². The Morgan fingerprint density at radius 2 is 1.76 bits per heavy atom. The van der Waals surface area contributed by atoms with Crippen molar-refractivity contribution >= 4 is 29.1 Å². The number of carbonyl (C=O) groups excluding carboxylic acids is 2. The van der Waals surface area contributed by atoms with Crippen LogP contribution in [0.4, 0.5) is 5.69 Å². The van der Waals surface area contributed by atoms with Crippen LogP contribution in [0.3, 0.4) is 0 Å². The Kier molecular flexibility index (Phi) is 4.82. The molecule has 5 heteroatoms. The minimum absolute atomic E-state index is 0.215. The van der Waals surface area contributed by atoms with Gasteiger partial charge in [-0.05, 0) is 55.5 Å². The number of anilines is 1. The van der Waals surface area contributed by atoms with Crippen molar-refractivity contribution in [1.82, 2.24) is 5.32 Å². The number of nitrogens with one attached hydrogen (secondary N) is 2. The van der Waals surface area contributed by atoms with Crippen molar-refractivity contribution in [2.24, 2.45) is 5.41 Å². The summed E-state index contributed by atoms with van der Waals surface area (Å²) in [6.07, 6.45) is 1.14. The van der Waals surface area contributed by atoms with Crippen LogP contribution in [0, 0.1) is 19.3 Å². The second kappa shape index (κ2) is 6.89. The van der Waals surface area contributed by atoms with Crippen LogP contribution in [-0.2, 0) is 16.1 Å². The highest BCUT2D eigenvalue weighted by Crippen LogP contribution is 2.47. The van der Waals surface area contributed by atoms with Crippen molar-refractivity contribution in [2.45, 2.75) is 33.2 Å². The number of hydrogen-bond donors (Lipinski definition) is 2. The van der Waals surface area contributed by atoms with Gasteiger partial charge in [0, 0.05) is 17.3 Å². The van der Waals surface area contributed by atoms with Crippen LogP contribution in [0.1, 0.15) is 29.5 Å². The highest BCUT2D eigenvalue weighted by atomic mass is 35.5. The van der Waals surface area contributed by atoms with E-state index in [1.54, 1.807) is 12.1 Å². The topological polar surface area (TPSA) is 58.2 Å². The molecule has 1 aliphatic rings. The number of amides is 2. The monoisotopic (exact) mass is 356 g/mol. The lowest BCUT2D eigenvalue weighted by atomic mass is 10.0. The van der Waals surface area contributed by atoms with E-state index in [1.165, 1.54) is 0 Å². The second-order valence-corrected chi connectivity index (χ2v) is 7.04. The van der Waals surface area contributed by atoms with E-state index in [2.05, 4.69) is 10.6 Å². The molecule has 2 aromatic carbocycles. The van der Waals surface area contributed by atoms with Crippen LogP contribution in [0.25, 0.3) is 0 Å². The highest BCUT2D eigenvalue weighted by Gasteiger charge is 2.56. The summed E-state index contributed by atoms with van der Waals surface area (Å²) in [4.78, 5) is 25.3. The average Bonchev–Trinajstić information content (AvgIpc) is 3.39. The smallest absolute Gasteiger partial charge is 0.240 e. The lowest BCUT2D eigenvalue weighted by Gasteiger charge is -2.17. The molecule has 2 amide bonds. The van der Waals surface area contributed by atoms with Gasteiger partial charge in [-0.25, -0.2) is 0 Å². The highest BCUT2D eigenvalue weighted by molar-refractivity contribution is 6.31. The molecule has 3 rings (SSSR count). The van der Waals surface area contributed by atoms with Crippen molar-refractivity contribution in [3.05, 3.63) is 64.2 Å². The summed E-state index contributed by atoms with van der Waals surface area (Å²) >= 11 is 5.99. The molecule has 0 saturated heterocycles. The summed E-state index contributed by atoms with van der Waals surface area (Å²) in [5.41, 5.74) is 2.77. The van der Waals surface area contributed by atoms with Gasteiger partial charge in [0.15, 0.2) is 0 Å². The maximum atomic E-state index is 12.7. The molecule has 0 atom stereocenters. The molecule has 0 aliphatic heterocycles. The molecule has 0 aromatic heterocycles. The standard InChI is InChI=1S/C20H21ClN2O2/c1-13-5-3-4-6-15(13)12-22-18(24)20(9-10-20)19(25)23-17-11-16(21)8-7-14(17)2/h3-8,11H,9-10,12H2,1-2H3,(H,22,24)(H,23,25). The van der Waals surface area contributed by atoms with Gasteiger partial charge in [-0.15, -0.1) is 0 Å². The predicted octanol–water partition coefficient (Wildman–Crippen LogP) is 3.99. The molecule has 0 unspecified atom stereocenters. The van der Waals surface area contributed by atoms with E-state index in [0.29, 0.717) is 30.1 Å². The van der Waals surface area contributed by atoms with Gasteiger partial charge in [0.25, 0.3) is 0 Å². The Morgan fingerprint density at radius 3 is 2.44 bits per heavy atom. The summed E-state index contributed by atoms with van der Waals surface area (Å²) < 4.78 is 0. The second-order valence-electron chi connectivity index (χ2n) is 6.60. The molecule has 1 saturated carbocycles. The molecular weight excluding hydrogens is 336 g/mol. The molecule has 2 aromatic rings. The first-order chi connectivity index (χ1) is 11.9. The van der Waals surface area contributed by atoms with Gasteiger partial charge in [0.2, 0.25) is 11.8 Å². The molecular formula is C20H21ClN2O2. The first kappa shape index (κ1) is 17.5. The lowest BCUT2D eigenvalue weighted by molar-refractivity contribution is -0.134. The van der Waals surface area contributed by atoms with Crippen molar-refractivity contribution in [2.75, 3.05) is 5.32 Å². The summed E-state index contributed by atoms with van der Waals surface area (Å²) in [6.45, 7) is 4.32. The third-order valence-electron chi connectivity index (χ3n) is 4.77. The van der Waals surface area contributed by atoms with E-state index in [0.717, 1.165) is 16.7 Å². The Morgan fingerprint density at radius 1 is 1.04 bits per heavy atom. The fourth-order valence-corrected chi connectivity index (χ4v) is 2.98. The molecule has 0 bridgehead atoms. The van der Waals surface area contributed by atoms with Gasteiger partial charge < -0.3 is 10.6 Å². The normalized spacial score (nSPS) is 14.7. The first-order valence-corrected chi connectivity index (χ1v) is 8.70. The van der Waals surface area contributed by atoms with E-state index in [4.69, 9.17) is 11.6 Å². The number of rotatable bonds is 5. The van der Waals surface area contributed by atoms with Crippen LogP contribution in [0.15, 0.2) is 42.5 Å². The van der Waals surface area contributed by atoms with Crippen LogP contribution < -0.4 is 10.6 Å². The number of aryl methyl sites for hydroxylation is 2. The lowest BCUT2D eigenvalue weighted by Crippen LogP contribution is -2.39. The van der Waals surface area contributed by atoms with E-state index in [1.807, 2.05) is 44.2 Å². The van der Waals surface area contributed by atoms with E-state index in [9.17, 15) is 9.59 Å². The van der Waals surface area contributed by atoms with Gasteiger partial charge in [-0.2, -0.15) is 0 Å². The van der Waals surface area contributed by atoms with E-state index < -0.39 is 5.41 Å². The van der Waals surface area contributed by atoms with Gasteiger partial charge >= 0.3 is 0 Å². The zero-order chi connectivity index (χ0) is 18.0.